The van der Waals surface area contributed by atoms with E-state index in [4.69, 9.17) is 4.74 Å². The Balaban J connectivity index is 1.67. The summed E-state index contributed by atoms with van der Waals surface area (Å²) in [6, 6.07) is 8.47. The first kappa shape index (κ1) is 17.4. The number of nitrogens with zero attached hydrogens (tertiary/aromatic N) is 1. The number of nitro benzene ring substituents is 1. The van der Waals surface area contributed by atoms with Gasteiger partial charge in [0.15, 0.2) is 11.5 Å². The van der Waals surface area contributed by atoms with Gasteiger partial charge in [-0.05, 0) is 25.1 Å². The molecule has 0 radical (unpaired) electrons. The molecule has 1 amide bonds. The van der Waals surface area contributed by atoms with E-state index in [0.29, 0.717) is 0 Å². The predicted molar refractivity (Wildman–Crippen MR) is 83.3 cm³/mol. The van der Waals surface area contributed by atoms with E-state index in [2.05, 4.69) is 14.8 Å². The van der Waals surface area contributed by atoms with E-state index in [1.807, 2.05) is 0 Å². The number of carbonyl (C=O) groups excluding carboxylic acids is 1. The van der Waals surface area contributed by atoms with Gasteiger partial charge in [-0.25, -0.2) is 4.79 Å². The lowest BCUT2D eigenvalue weighted by atomic mass is 10.1. The Morgan fingerprint density at radius 2 is 1.92 bits per heavy atom. The second-order valence-electron chi connectivity index (χ2n) is 5.35. The smallest absolute Gasteiger partial charge is 0.410 e. The number of fused-ring (bicyclic) bond motifs is 1. The fourth-order valence-electron chi connectivity index (χ4n) is 2.36. The molecule has 0 saturated heterocycles. The van der Waals surface area contributed by atoms with E-state index >= 15 is 0 Å². The van der Waals surface area contributed by atoms with Crippen LogP contribution in [0.25, 0.3) is 0 Å². The van der Waals surface area contributed by atoms with E-state index < -0.39 is 23.4 Å². The number of halogens is 2. The second kappa shape index (κ2) is 6.47. The van der Waals surface area contributed by atoms with Crippen LogP contribution in [-0.4, -0.2) is 17.3 Å². The van der Waals surface area contributed by atoms with Gasteiger partial charge in [-0.1, -0.05) is 12.1 Å². The molecule has 0 spiro atoms. The molecule has 0 aliphatic carbocycles. The first-order chi connectivity index (χ1) is 12.2. The molecular weight excluding hydrogens is 354 g/mol. The number of alkyl halides is 2. The van der Waals surface area contributed by atoms with Crippen molar-refractivity contribution in [3.63, 3.8) is 0 Å². The first-order valence-electron chi connectivity index (χ1n) is 7.37. The SMILES string of the molecule is CC(NC(=O)Oc1ccc([N+](=O)[O-])cc1)c1cccc2c1OC(F)(F)O2. The number of ether oxygens (including phenoxy) is 3. The van der Waals surface area contributed by atoms with Gasteiger partial charge in [0, 0.05) is 17.7 Å². The van der Waals surface area contributed by atoms with Crippen molar-refractivity contribution in [3.05, 3.63) is 58.1 Å². The van der Waals surface area contributed by atoms with E-state index in [1.165, 1.54) is 42.5 Å². The fraction of sp³-hybridized carbons (Fsp3) is 0.188. The van der Waals surface area contributed by atoms with Crippen LogP contribution in [0.15, 0.2) is 42.5 Å². The van der Waals surface area contributed by atoms with Crippen LogP contribution in [0.2, 0.25) is 0 Å². The molecule has 10 heteroatoms. The van der Waals surface area contributed by atoms with E-state index in [-0.39, 0.29) is 28.5 Å². The Kier molecular flexibility index (Phi) is 4.33. The summed E-state index contributed by atoms with van der Waals surface area (Å²) in [6.07, 6.45) is -4.63. The summed E-state index contributed by atoms with van der Waals surface area (Å²) in [5.74, 6) is -0.213. The van der Waals surface area contributed by atoms with Crippen LogP contribution in [-0.2, 0) is 0 Å². The highest BCUT2D eigenvalue weighted by atomic mass is 19.3. The number of carbonyl (C=O) groups is 1. The summed E-state index contributed by atoms with van der Waals surface area (Å²) in [5, 5.41) is 13.0. The zero-order chi connectivity index (χ0) is 18.9. The largest absolute Gasteiger partial charge is 0.586 e. The molecule has 0 saturated carbocycles. The summed E-state index contributed by atoms with van der Waals surface area (Å²) in [6.45, 7) is 1.55. The van der Waals surface area contributed by atoms with E-state index in [9.17, 15) is 23.7 Å². The number of hydrogen-bond donors (Lipinski definition) is 1. The number of para-hydroxylation sites is 1. The second-order valence-corrected chi connectivity index (χ2v) is 5.35. The van der Waals surface area contributed by atoms with Crippen molar-refractivity contribution in [1.29, 1.82) is 0 Å². The van der Waals surface area contributed by atoms with Gasteiger partial charge >= 0.3 is 12.4 Å². The molecule has 1 aliphatic rings. The quantitative estimate of drug-likeness (QED) is 0.653. The highest BCUT2D eigenvalue weighted by molar-refractivity contribution is 5.71. The molecule has 0 aromatic heterocycles. The van der Waals surface area contributed by atoms with Gasteiger partial charge in [-0.3, -0.25) is 10.1 Å². The molecule has 1 heterocycles. The molecule has 2 aromatic carbocycles. The minimum Gasteiger partial charge on any atom is -0.410 e. The van der Waals surface area contributed by atoms with E-state index in [1.54, 1.807) is 6.92 Å². The fourth-order valence-corrected chi connectivity index (χ4v) is 2.36. The van der Waals surface area contributed by atoms with Crippen molar-refractivity contribution in [1.82, 2.24) is 5.32 Å². The highest BCUT2D eigenvalue weighted by Gasteiger charge is 2.44. The Bertz CT molecular complexity index is 856. The Labute approximate surface area is 145 Å². The molecule has 1 N–H and O–H groups in total. The monoisotopic (exact) mass is 366 g/mol. The summed E-state index contributed by atoms with van der Waals surface area (Å²) in [7, 11) is 0. The third-order valence-corrected chi connectivity index (χ3v) is 3.52. The number of non-ortho nitro benzene ring substituents is 1. The van der Waals surface area contributed by atoms with Crippen molar-refractivity contribution < 1.29 is 32.7 Å². The molecule has 2 aromatic rings. The predicted octanol–water partition coefficient (Wildman–Crippen LogP) is 3.77. The van der Waals surface area contributed by atoms with Gasteiger partial charge < -0.3 is 19.5 Å². The minimum atomic E-state index is -3.77. The van der Waals surface area contributed by atoms with Gasteiger partial charge in [-0.15, -0.1) is 8.78 Å². The molecule has 0 fully saturated rings. The molecule has 0 bridgehead atoms. The summed E-state index contributed by atoms with van der Waals surface area (Å²) < 4.78 is 40.3. The van der Waals surface area contributed by atoms with Crippen LogP contribution in [0.1, 0.15) is 18.5 Å². The van der Waals surface area contributed by atoms with Crippen molar-refractivity contribution >= 4 is 11.8 Å². The molecule has 3 rings (SSSR count). The van der Waals surface area contributed by atoms with Crippen molar-refractivity contribution in [2.24, 2.45) is 0 Å². The van der Waals surface area contributed by atoms with Gasteiger partial charge in [0.05, 0.1) is 11.0 Å². The maximum Gasteiger partial charge on any atom is 0.586 e. The zero-order valence-corrected chi connectivity index (χ0v) is 13.3. The number of nitro groups is 1. The van der Waals surface area contributed by atoms with Crippen molar-refractivity contribution in [2.45, 2.75) is 19.3 Å². The number of rotatable bonds is 4. The molecule has 8 nitrogen and oxygen atoms in total. The third kappa shape index (κ3) is 3.63. The zero-order valence-electron chi connectivity index (χ0n) is 13.3. The summed E-state index contributed by atoms with van der Waals surface area (Å²) >= 11 is 0. The molecule has 26 heavy (non-hydrogen) atoms. The van der Waals surface area contributed by atoms with Crippen molar-refractivity contribution in [3.8, 4) is 17.2 Å². The number of hydrogen-bond acceptors (Lipinski definition) is 6. The number of benzene rings is 2. The summed E-state index contributed by atoms with van der Waals surface area (Å²) in [5.41, 5.74) is 0.129. The maximum atomic E-state index is 13.2. The van der Waals surface area contributed by atoms with Gasteiger partial charge in [-0.2, -0.15) is 0 Å². The van der Waals surface area contributed by atoms with Crippen LogP contribution >= 0.6 is 0 Å². The Morgan fingerprint density at radius 3 is 2.58 bits per heavy atom. The molecule has 1 atom stereocenters. The number of nitrogens with one attached hydrogen (secondary N) is 1. The lowest BCUT2D eigenvalue weighted by Crippen LogP contribution is -2.30. The maximum absolute atomic E-state index is 13.2. The topological polar surface area (TPSA) is 99.9 Å². The van der Waals surface area contributed by atoms with Crippen LogP contribution < -0.4 is 19.5 Å². The normalized spacial score (nSPS) is 15.2. The molecule has 1 unspecified atom stereocenters. The van der Waals surface area contributed by atoms with Crippen LogP contribution in [0.3, 0.4) is 0 Å². The molecule has 1 aliphatic heterocycles. The highest BCUT2D eigenvalue weighted by Crippen LogP contribution is 2.45. The first-order valence-corrected chi connectivity index (χ1v) is 7.37. The van der Waals surface area contributed by atoms with Gasteiger partial charge in [0.1, 0.15) is 5.75 Å². The third-order valence-electron chi connectivity index (χ3n) is 3.52. The lowest BCUT2D eigenvalue weighted by molar-refractivity contribution is -0.384. The Morgan fingerprint density at radius 1 is 1.23 bits per heavy atom. The van der Waals surface area contributed by atoms with E-state index in [0.717, 1.165) is 0 Å². The Hall–Kier alpha value is -3.43. The average Bonchev–Trinajstić information content (AvgIpc) is 2.88. The van der Waals surface area contributed by atoms with Crippen molar-refractivity contribution in [2.75, 3.05) is 0 Å². The van der Waals surface area contributed by atoms with Gasteiger partial charge in [0.2, 0.25) is 0 Å². The average molecular weight is 366 g/mol. The van der Waals surface area contributed by atoms with Gasteiger partial charge in [0.25, 0.3) is 5.69 Å². The molecular formula is C16H12F2N2O6. The summed E-state index contributed by atoms with van der Waals surface area (Å²) in [4.78, 5) is 22.0. The van der Waals surface area contributed by atoms with Crippen LogP contribution in [0.5, 0.6) is 17.2 Å². The number of amides is 1. The molecule has 136 valence electrons. The van der Waals surface area contributed by atoms with Crippen LogP contribution in [0, 0.1) is 10.1 Å². The van der Waals surface area contributed by atoms with Crippen LogP contribution in [0.4, 0.5) is 19.3 Å². The minimum absolute atomic E-state index is 0.0877. The lowest BCUT2D eigenvalue weighted by Gasteiger charge is -2.16. The standard InChI is InChI=1S/C16H12F2N2O6/c1-9(12-3-2-4-13-14(12)26-16(17,18)25-13)19-15(21)24-11-7-5-10(6-8-11)20(22)23/h2-9H,1H3,(H,19,21).